The lowest BCUT2D eigenvalue weighted by atomic mass is 10.1. The molecule has 0 saturated heterocycles. The van der Waals surface area contributed by atoms with Crippen LogP contribution in [0.15, 0.2) is 18.2 Å². The van der Waals surface area contributed by atoms with Crippen LogP contribution in [0.25, 0.3) is 0 Å². The van der Waals surface area contributed by atoms with Gasteiger partial charge in [0.05, 0.1) is 0 Å². The van der Waals surface area contributed by atoms with Gasteiger partial charge in [-0.3, -0.25) is 4.79 Å². The average Bonchev–Trinajstić information content (AvgIpc) is 3.25. The number of urea groups is 1. The summed E-state index contributed by atoms with van der Waals surface area (Å²) >= 11 is 0. The fourth-order valence-corrected chi connectivity index (χ4v) is 2.28. The monoisotopic (exact) mass is 303 g/mol. The van der Waals surface area contributed by atoms with Crippen molar-refractivity contribution in [1.82, 2.24) is 10.6 Å². The van der Waals surface area contributed by atoms with Crippen LogP contribution in [-0.2, 0) is 0 Å². The molecule has 0 radical (unpaired) electrons. The van der Waals surface area contributed by atoms with Crippen LogP contribution in [0.3, 0.4) is 0 Å². The molecule has 0 bridgehead atoms. The average molecular weight is 303 g/mol. The van der Waals surface area contributed by atoms with E-state index in [0.29, 0.717) is 17.3 Å². The first-order valence-electron chi connectivity index (χ1n) is 7.98. The lowest BCUT2D eigenvalue weighted by molar-refractivity contribution is 0.0951. The number of anilines is 1. The smallest absolute Gasteiger partial charge is 0.319 e. The molecule has 1 atom stereocenters. The third kappa shape index (κ3) is 4.76. The summed E-state index contributed by atoms with van der Waals surface area (Å²) in [7, 11) is 0. The predicted octanol–water partition coefficient (Wildman–Crippen LogP) is 3.20. The van der Waals surface area contributed by atoms with Gasteiger partial charge in [0, 0.05) is 23.3 Å². The number of hydrogen-bond donors (Lipinski definition) is 3. The largest absolute Gasteiger partial charge is 0.349 e. The van der Waals surface area contributed by atoms with Crippen molar-refractivity contribution in [3.05, 3.63) is 29.3 Å². The molecule has 1 aromatic carbocycles. The van der Waals surface area contributed by atoms with E-state index < -0.39 is 0 Å². The molecule has 1 aliphatic rings. The Labute approximate surface area is 131 Å². The Balaban J connectivity index is 1.99. The van der Waals surface area contributed by atoms with E-state index in [4.69, 9.17) is 0 Å². The molecule has 1 saturated carbocycles. The van der Waals surface area contributed by atoms with E-state index in [-0.39, 0.29) is 18.0 Å². The molecule has 1 aromatic rings. The minimum absolute atomic E-state index is 0.0784. The van der Waals surface area contributed by atoms with E-state index >= 15 is 0 Å². The maximum absolute atomic E-state index is 12.1. The summed E-state index contributed by atoms with van der Waals surface area (Å²) in [6.07, 6.45) is 4.08. The van der Waals surface area contributed by atoms with Crippen LogP contribution < -0.4 is 16.0 Å². The van der Waals surface area contributed by atoms with Gasteiger partial charge in [-0.25, -0.2) is 4.79 Å². The SMILES string of the molecule is CCCC(C)NC(=O)Nc1cc(C(=O)NC2CC2)ccc1C. The van der Waals surface area contributed by atoms with E-state index in [1.807, 2.05) is 19.9 Å². The molecule has 5 nitrogen and oxygen atoms in total. The van der Waals surface area contributed by atoms with Crippen molar-refractivity contribution >= 4 is 17.6 Å². The van der Waals surface area contributed by atoms with E-state index in [1.165, 1.54) is 0 Å². The molecule has 2 rings (SSSR count). The van der Waals surface area contributed by atoms with Crippen molar-refractivity contribution in [2.24, 2.45) is 0 Å². The van der Waals surface area contributed by atoms with Crippen LogP contribution in [0.5, 0.6) is 0 Å². The summed E-state index contributed by atoms with van der Waals surface area (Å²) in [6, 6.07) is 5.60. The third-order valence-electron chi connectivity index (χ3n) is 3.76. The van der Waals surface area contributed by atoms with Gasteiger partial charge in [0.1, 0.15) is 0 Å². The molecular formula is C17H25N3O2. The van der Waals surface area contributed by atoms with E-state index in [1.54, 1.807) is 12.1 Å². The predicted molar refractivity (Wildman–Crippen MR) is 88.2 cm³/mol. The fourth-order valence-electron chi connectivity index (χ4n) is 2.28. The van der Waals surface area contributed by atoms with Crippen LogP contribution in [0.1, 0.15) is 55.5 Å². The summed E-state index contributed by atoms with van der Waals surface area (Å²) in [4.78, 5) is 24.1. The minimum atomic E-state index is -0.233. The lowest BCUT2D eigenvalue weighted by Crippen LogP contribution is -2.36. The van der Waals surface area contributed by atoms with Gasteiger partial charge in [0.15, 0.2) is 0 Å². The molecule has 5 heteroatoms. The highest BCUT2D eigenvalue weighted by molar-refractivity contribution is 5.97. The van der Waals surface area contributed by atoms with Crippen LogP contribution in [-0.4, -0.2) is 24.0 Å². The number of aryl methyl sites for hydroxylation is 1. The number of carbonyl (C=O) groups excluding carboxylic acids is 2. The molecule has 3 N–H and O–H groups in total. The quantitative estimate of drug-likeness (QED) is 0.755. The molecule has 1 aliphatic carbocycles. The Morgan fingerprint density at radius 1 is 1.32 bits per heavy atom. The highest BCUT2D eigenvalue weighted by atomic mass is 16.2. The lowest BCUT2D eigenvalue weighted by Gasteiger charge is -2.15. The first-order valence-corrected chi connectivity index (χ1v) is 7.98. The summed E-state index contributed by atoms with van der Waals surface area (Å²) in [5.41, 5.74) is 2.18. The van der Waals surface area contributed by atoms with Crippen LogP contribution in [0.2, 0.25) is 0 Å². The maximum Gasteiger partial charge on any atom is 0.319 e. The number of carbonyl (C=O) groups is 2. The van der Waals surface area contributed by atoms with Crippen molar-refractivity contribution in [1.29, 1.82) is 0 Å². The van der Waals surface area contributed by atoms with Gasteiger partial charge in [-0.1, -0.05) is 19.4 Å². The van der Waals surface area contributed by atoms with Crippen molar-refractivity contribution < 1.29 is 9.59 Å². The van der Waals surface area contributed by atoms with E-state index in [9.17, 15) is 9.59 Å². The second-order valence-electron chi connectivity index (χ2n) is 6.07. The Kier molecular flexibility index (Phi) is 5.41. The minimum Gasteiger partial charge on any atom is -0.349 e. The van der Waals surface area contributed by atoms with Crippen LogP contribution >= 0.6 is 0 Å². The Morgan fingerprint density at radius 3 is 2.68 bits per heavy atom. The van der Waals surface area contributed by atoms with Crippen LogP contribution in [0.4, 0.5) is 10.5 Å². The standard InChI is InChI=1S/C17H25N3O2/c1-4-5-12(3)18-17(22)20-15-10-13(7-6-11(15)2)16(21)19-14-8-9-14/h6-7,10,12,14H,4-5,8-9H2,1-3H3,(H,19,21)(H2,18,20,22). The number of rotatable bonds is 6. The Bertz CT molecular complexity index is 553. The highest BCUT2D eigenvalue weighted by Gasteiger charge is 2.24. The van der Waals surface area contributed by atoms with Gasteiger partial charge in [0.2, 0.25) is 0 Å². The molecule has 1 fully saturated rings. The zero-order valence-electron chi connectivity index (χ0n) is 13.5. The molecule has 0 aliphatic heterocycles. The summed E-state index contributed by atoms with van der Waals surface area (Å²) in [6.45, 7) is 5.98. The number of hydrogen-bond acceptors (Lipinski definition) is 2. The summed E-state index contributed by atoms with van der Waals surface area (Å²) in [5.74, 6) is -0.0784. The topological polar surface area (TPSA) is 70.2 Å². The fraction of sp³-hybridized carbons (Fsp3) is 0.529. The summed E-state index contributed by atoms with van der Waals surface area (Å²) < 4.78 is 0. The number of amides is 3. The van der Waals surface area contributed by atoms with Crippen molar-refractivity contribution in [3.8, 4) is 0 Å². The third-order valence-corrected chi connectivity index (χ3v) is 3.76. The van der Waals surface area contributed by atoms with Gasteiger partial charge in [-0.05, 0) is 50.8 Å². The molecule has 22 heavy (non-hydrogen) atoms. The highest BCUT2D eigenvalue weighted by Crippen LogP contribution is 2.21. The molecule has 1 unspecified atom stereocenters. The van der Waals surface area contributed by atoms with Crippen molar-refractivity contribution in [3.63, 3.8) is 0 Å². The van der Waals surface area contributed by atoms with Gasteiger partial charge < -0.3 is 16.0 Å². The Hall–Kier alpha value is -2.04. The summed E-state index contributed by atoms with van der Waals surface area (Å²) in [5, 5.41) is 8.68. The first kappa shape index (κ1) is 16.3. The van der Waals surface area contributed by atoms with Gasteiger partial charge in [-0.15, -0.1) is 0 Å². The zero-order valence-corrected chi connectivity index (χ0v) is 13.5. The van der Waals surface area contributed by atoms with Crippen LogP contribution in [0, 0.1) is 6.92 Å². The van der Waals surface area contributed by atoms with Gasteiger partial charge in [0.25, 0.3) is 5.91 Å². The van der Waals surface area contributed by atoms with E-state index in [2.05, 4.69) is 22.9 Å². The maximum atomic E-state index is 12.1. The van der Waals surface area contributed by atoms with Crippen molar-refractivity contribution in [2.75, 3.05) is 5.32 Å². The number of nitrogens with one attached hydrogen (secondary N) is 3. The Morgan fingerprint density at radius 2 is 2.05 bits per heavy atom. The molecule has 0 aromatic heterocycles. The molecule has 0 spiro atoms. The zero-order chi connectivity index (χ0) is 16.1. The molecule has 120 valence electrons. The number of benzene rings is 1. The second-order valence-corrected chi connectivity index (χ2v) is 6.07. The van der Waals surface area contributed by atoms with Crippen molar-refractivity contribution in [2.45, 2.75) is 58.5 Å². The van der Waals surface area contributed by atoms with E-state index in [0.717, 1.165) is 31.2 Å². The van der Waals surface area contributed by atoms with Gasteiger partial charge >= 0.3 is 6.03 Å². The molecular weight excluding hydrogens is 278 g/mol. The molecule has 0 heterocycles. The van der Waals surface area contributed by atoms with Gasteiger partial charge in [-0.2, -0.15) is 0 Å². The second kappa shape index (κ2) is 7.29. The normalized spacial score (nSPS) is 15.0. The first-order chi connectivity index (χ1) is 10.5. The molecule has 3 amide bonds.